The number of carbonyl (C=O) groups excluding carboxylic acids is 1. The Morgan fingerprint density at radius 3 is 2.72 bits per heavy atom. The van der Waals surface area contributed by atoms with Crippen molar-refractivity contribution in [1.29, 1.82) is 0 Å². The Kier molecular flexibility index (Phi) is 2.26. The van der Waals surface area contributed by atoms with E-state index in [1.54, 1.807) is 12.7 Å². The van der Waals surface area contributed by atoms with Gasteiger partial charge in [0.25, 0.3) is 0 Å². The monoisotopic (exact) mass is 240 g/mol. The fraction of sp³-hybridized carbons (Fsp3) is 0.154. The molecule has 0 saturated carbocycles. The molecule has 90 valence electrons. The number of fused-ring (bicyclic) bond motifs is 1. The molecule has 0 fully saturated rings. The zero-order valence-corrected chi connectivity index (χ0v) is 10.2. The summed E-state index contributed by atoms with van der Waals surface area (Å²) in [5.74, 6) is 0. The van der Waals surface area contributed by atoms with Crippen molar-refractivity contribution < 1.29 is 4.79 Å². The summed E-state index contributed by atoms with van der Waals surface area (Å²) in [5.41, 5.74) is 4.16. The van der Waals surface area contributed by atoms with Gasteiger partial charge in [-0.05, 0) is 19.1 Å². The van der Waals surface area contributed by atoms with Gasteiger partial charge < -0.3 is 9.13 Å². The average Bonchev–Trinajstić information content (AvgIpc) is 2.96. The molecule has 2 heterocycles. The molecule has 18 heavy (non-hydrogen) atoms. The normalized spacial score (nSPS) is 11.0. The minimum Gasteiger partial charge on any atom is -0.333 e. The van der Waals surface area contributed by atoms with Crippen molar-refractivity contribution in [2.75, 3.05) is 0 Å². The summed E-state index contributed by atoms with van der Waals surface area (Å²) < 4.78 is 3.77. The molecule has 5 heteroatoms. The second-order valence-corrected chi connectivity index (χ2v) is 4.27. The van der Waals surface area contributed by atoms with E-state index < -0.39 is 0 Å². The number of aromatic nitrogens is 4. The van der Waals surface area contributed by atoms with E-state index in [9.17, 15) is 4.79 Å². The van der Waals surface area contributed by atoms with Crippen LogP contribution >= 0.6 is 0 Å². The summed E-state index contributed by atoms with van der Waals surface area (Å²) in [6, 6.07) is 3.70. The van der Waals surface area contributed by atoms with Gasteiger partial charge in [-0.25, -0.2) is 9.97 Å². The van der Waals surface area contributed by atoms with Crippen molar-refractivity contribution in [2.45, 2.75) is 6.92 Å². The molecule has 3 aromatic rings. The van der Waals surface area contributed by atoms with Crippen LogP contribution in [0.3, 0.4) is 0 Å². The fourth-order valence-electron chi connectivity index (χ4n) is 2.14. The summed E-state index contributed by atoms with van der Waals surface area (Å²) in [5, 5.41) is 0. The third-order valence-electron chi connectivity index (χ3n) is 2.99. The van der Waals surface area contributed by atoms with Crippen molar-refractivity contribution in [2.24, 2.45) is 7.05 Å². The van der Waals surface area contributed by atoms with Crippen molar-refractivity contribution in [3.05, 3.63) is 42.2 Å². The third-order valence-corrected chi connectivity index (χ3v) is 2.99. The van der Waals surface area contributed by atoms with E-state index >= 15 is 0 Å². The van der Waals surface area contributed by atoms with Gasteiger partial charge in [0.2, 0.25) is 0 Å². The molecule has 0 radical (unpaired) electrons. The largest absolute Gasteiger partial charge is 0.333 e. The van der Waals surface area contributed by atoms with Crippen molar-refractivity contribution >= 4 is 17.3 Å². The first-order valence-corrected chi connectivity index (χ1v) is 5.61. The van der Waals surface area contributed by atoms with E-state index in [-0.39, 0.29) is 0 Å². The van der Waals surface area contributed by atoms with Crippen LogP contribution < -0.4 is 0 Å². The molecule has 5 nitrogen and oxygen atoms in total. The van der Waals surface area contributed by atoms with E-state index in [1.165, 1.54) is 0 Å². The van der Waals surface area contributed by atoms with E-state index in [2.05, 4.69) is 9.97 Å². The molecule has 0 spiro atoms. The highest BCUT2D eigenvalue weighted by molar-refractivity contribution is 5.98. The quantitative estimate of drug-likeness (QED) is 0.643. The van der Waals surface area contributed by atoms with E-state index in [0.29, 0.717) is 5.56 Å². The second kappa shape index (κ2) is 3.80. The topological polar surface area (TPSA) is 52.7 Å². The minimum absolute atomic E-state index is 0.644. The smallest absolute Gasteiger partial charge is 0.152 e. The van der Waals surface area contributed by atoms with Crippen molar-refractivity contribution in [1.82, 2.24) is 19.1 Å². The van der Waals surface area contributed by atoms with Gasteiger partial charge in [0.15, 0.2) is 6.29 Å². The zero-order chi connectivity index (χ0) is 12.7. The molecule has 0 saturated heterocycles. The Labute approximate surface area is 104 Å². The predicted molar refractivity (Wildman–Crippen MR) is 68.0 cm³/mol. The number of aryl methyl sites for hydroxylation is 2. The van der Waals surface area contributed by atoms with Crippen LogP contribution in [0.1, 0.15) is 16.1 Å². The number of nitrogens with zero attached hydrogens (tertiary/aromatic N) is 4. The molecule has 0 amide bonds. The van der Waals surface area contributed by atoms with Gasteiger partial charge in [-0.1, -0.05) is 0 Å². The highest BCUT2D eigenvalue weighted by Gasteiger charge is 2.11. The molecule has 0 bridgehead atoms. The average molecular weight is 240 g/mol. The molecular formula is C13H12N4O. The fourth-order valence-corrected chi connectivity index (χ4v) is 2.14. The summed E-state index contributed by atoms with van der Waals surface area (Å²) >= 11 is 0. The molecule has 1 aromatic carbocycles. The first-order chi connectivity index (χ1) is 8.70. The third kappa shape index (κ3) is 1.44. The summed E-state index contributed by atoms with van der Waals surface area (Å²) in [6.07, 6.45) is 6.25. The van der Waals surface area contributed by atoms with Gasteiger partial charge >= 0.3 is 0 Å². The van der Waals surface area contributed by atoms with Crippen LogP contribution in [-0.2, 0) is 7.05 Å². The van der Waals surface area contributed by atoms with Crippen LogP contribution in [0.25, 0.3) is 16.7 Å². The van der Waals surface area contributed by atoms with Crippen molar-refractivity contribution in [3.8, 4) is 5.69 Å². The van der Waals surface area contributed by atoms with Gasteiger partial charge in [0, 0.05) is 18.8 Å². The van der Waals surface area contributed by atoms with E-state index in [0.717, 1.165) is 28.7 Å². The SMILES string of the molecule is Cc1cn(-c2ccc(C=O)c3c2ncn3C)cn1. The maximum atomic E-state index is 11.1. The van der Waals surface area contributed by atoms with Crippen LogP contribution in [0.5, 0.6) is 0 Å². The van der Waals surface area contributed by atoms with Crippen LogP contribution in [0.15, 0.2) is 31.0 Å². The standard InChI is InChI=1S/C13H12N4O/c1-9-5-17(8-14-9)11-4-3-10(6-18)13-12(11)15-7-16(13)2/h3-8H,1-2H3. The summed E-state index contributed by atoms with van der Waals surface area (Å²) in [6.45, 7) is 1.94. The van der Waals surface area contributed by atoms with Gasteiger partial charge in [-0.3, -0.25) is 4.79 Å². The lowest BCUT2D eigenvalue weighted by Crippen LogP contribution is -1.96. The number of hydrogen-bond acceptors (Lipinski definition) is 3. The number of carbonyl (C=O) groups is 1. The van der Waals surface area contributed by atoms with Crippen LogP contribution in [0, 0.1) is 6.92 Å². The molecule has 0 aliphatic carbocycles. The van der Waals surface area contributed by atoms with Gasteiger partial charge in [0.05, 0.1) is 29.6 Å². The molecule has 3 rings (SSSR count). The Morgan fingerprint density at radius 2 is 2.06 bits per heavy atom. The van der Waals surface area contributed by atoms with Crippen molar-refractivity contribution in [3.63, 3.8) is 0 Å². The van der Waals surface area contributed by atoms with Gasteiger partial charge in [-0.15, -0.1) is 0 Å². The van der Waals surface area contributed by atoms with E-state index in [1.807, 2.05) is 41.4 Å². The Morgan fingerprint density at radius 1 is 1.22 bits per heavy atom. The lowest BCUT2D eigenvalue weighted by atomic mass is 10.1. The number of hydrogen-bond donors (Lipinski definition) is 0. The van der Waals surface area contributed by atoms with Gasteiger partial charge in [-0.2, -0.15) is 0 Å². The molecule has 0 unspecified atom stereocenters. The molecule has 0 atom stereocenters. The minimum atomic E-state index is 0.644. The summed E-state index contributed by atoms with van der Waals surface area (Å²) in [7, 11) is 1.88. The molecule has 0 aliphatic heterocycles. The molecule has 0 aliphatic rings. The molecule has 0 N–H and O–H groups in total. The highest BCUT2D eigenvalue weighted by Crippen LogP contribution is 2.23. The number of imidazole rings is 2. The lowest BCUT2D eigenvalue weighted by molar-refractivity contribution is 0.112. The number of rotatable bonds is 2. The van der Waals surface area contributed by atoms with Crippen LogP contribution in [0.4, 0.5) is 0 Å². The lowest BCUT2D eigenvalue weighted by Gasteiger charge is -2.05. The Hall–Kier alpha value is -2.43. The summed E-state index contributed by atoms with van der Waals surface area (Å²) in [4.78, 5) is 19.6. The predicted octanol–water partition coefficient (Wildman–Crippen LogP) is 1.88. The molecule has 2 aromatic heterocycles. The van der Waals surface area contributed by atoms with Crippen LogP contribution in [-0.4, -0.2) is 25.4 Å². The van der Waals surface area contributed by atoms with E-state index in [4.69, 9.17) is 0 Å². The van der Waals surface area contributed by atoms with Gasteiger partial charge in [0.1, 0.15) is 5.52 Å². The Balaban J connectivity index is 2.35. The second-order valence-electron chi connectivity index (χ2n) is 4.27. The first kappa shape index (κ1) is 10.7. The maximum absolute atomic E-state index is 11.1. The zero-order valence-electron chi connectivity index (χ0n) is 10.2. The Bertz CT molecular complexity index is 739. The van der Waals surface area contributed by atoms with Crippen LogP contribution in [0.2, 0.25) is 0 Å². The number of benzene rings is 1. The molecular weight excluding hydrogens is 228 g/mol. The highest BCUT2D eigenvalue weighted by atomic mass is 16.1. The first-order valence-electron chi connectivity index (χ1n) is 5.61. The number of aldehydes is 1. The maximum Gasteiger partial charge on any atom is 0.152 e.